The highest BCUT2D eigenvalue weighted by atomic mass is 19.4. The molecule has 1 saturated heterocycles. The average Bonchev–Trinajstić information content (AvgIpc) is 3.25. The molecule has 1 saturated carbocycles. The molecule has 1 aliphatic carbocycles. The summed E-state index contributed by atoms with van der Waals surface area (Å²) in [5.41, 5.74) is 5.49. The summed E-state index contributed by atoms with van der Waals surface area (Å²) in [5.74, 6) is -2.61. The topological polar surface area (TPSA) is 151 Å². The number of aryl methyl sites for hydroxylation is 1. The van der Waals surface area contributed by atoms with Crippen LogP contribution >= 0.6 is 0 Å². The van der Waals surface area contributed by atoms with Crippen molar-refractivity contribution < 1.29 is 32.1 Å². The minimum atomic E-state index is -4.72. The van der Waals surface area contributed by atoms with Gasteiger partial charge < -0.3 is 25.5 Å². The number of carbonyl (C=O) groups excluding carboxylic acids is 3. The number of rotatable bonds is 7. The number of carbonyl (C=O) groups is 3. The summed E-state index contributed by atoms with van der Waals surface area (Å²) in [6, 6.07) is 5.57. The standard InChI is InChI=1S/C27H28F3N5O5/c1-12-4-5-17-13(6-12)7-14(24(38)32-17)8-18(23(31)37)33-25(39)22-21-16(26(21,2)3)11-35(22)20(36)10-15-9-19(34-40-15)27(28,29)30/h4-7,9,16,18,21-22H,8,10-11H2,1-3H3,(H2,31,37)(H,32,38)(H,33,39)/t16-,18-,21-,22-/m0/s1. The van der Waals surface area contributed by atoms with Crippen molar-refractivity contribution in [3.63, 3.8) is 0 Å². The van der Waals surface area contributed by atoms with Gasteiger partial charge in [-0.3, -0.25) is 19.2 Å². The van der Waals surface area contributed by atoms with Crippen molar-refractivity contribution in [3.05, 3.63) is 63.3 Å². The van der Waals surface area contributed by atoms with Crippen LogP contribution in [-0.4, -0.2) is 51.4 Å². The molecule has 3 heterocycles. The Hall–Kier alpha value is -4.16. The second-order valence-electron chi connectivity index (χ2n) is 11.2. The lowest BCUT2D eigenvalue weighted by molar-refractivity contribution is -0.142. The maximum Gasteiger partial charge on any atom is 0.436 e. The van der Waals surface area contributed by atoms with Gasteiger partial charge in [0.1, 0.15) is 17.8 Å². The summed E-state index contributed by atoms with van der Waals surface area (Å²) in [6.45, 7) is 6.03. The van der Waals surface area contributed by atoms with Gasteiger partial charge >= 0.3 is 6.18 Å². The molecule has 1 aromatic carbocycles. The third kappa shape index (κ3) is 4.95. The fourth-order valence-corrected chi connectivity index (χ4v) is 5.85. The lowest BCUT2D eigenvalue weighted by Gasteiger charge is -2.31. The molecule has 3 amide bonds. The molecule has 2 fully saturated rings. The number of aromatic nitrogens is 2. The number of likely N-dealkylation sites (tertiary alicyclic amines) is 1. The van der Waals surface area contributed by atoms with Crippen LogP contribution in [0.4, 0.5) is 13.2 Å². The molecule has 0 radical (unpaired) electrons. The molecule has 10 nitrogen and oxygen atoms in total. The van der Waals surface area contributed by atoms with Crippen LogP contribution < -0.4 is 16.6 Å². The van der Waals surface area contributed by atoms with E-state index in [1.807, 2.05) is 32.9 Å². The van der Waals surface area contributed by atoms with E-state index in [2.05, 4.69) is 15.5 Å². The van der Waals surface area contributed by atoms with E-state index in [1.54, 1.807) is 12.1 Å². The van der Waals surface area contributed by atoms with Crippen LogP contribution in [0.3, 0.4) is 0 Å². The van der Waals surface area contributed by atoms with Gasteiger partial charge in [0.15, 0.2) is 5.69 Å². The monoisotopic (exact) mass is 559 g/mol. The van der Waals surface area contributed by atoms with E-state index in [0.717, 1.165) is 10.9 Å². The third-order valence-electron chi connectivity index (χ3n) is 8.13. The second kappa shape index (κ2) is 9.49. The maximum absolute atomic E-state index is 13.5. The third-order valence-corrected chi connectivity index (χ3v) is 8.13. The average molecular weight is 560 g/mol. The largest absolute Gasteiger partial charge is 0.436 e. The minimum absolute atomic E-state index is 0.00809. The van der Waals surface area contributed by atoms with Gasteiger partial charge in [-0.1, -0.05) is 30.6 Å². The minimum Gasteiger partial charge on any atom is -0.368 e. The number of H-pyrrole nitrogens is 1. The Labute approximate surface area is 226 Å². The number of benzene rings is 1. The number of pyridine rings is 1. The number of piperidine rings is 1. The fourth-order valence-electron chi connectivity index (χ4n) is 5.85. The Bertz CT molecular complexity index is 1580. The normalized spacial score (nSPS) is 22.1. The number of nitrogens with one attached hydrogen (secondary N) is 2. The highest BCUT2D eigenvalue weighted by Crippen LogP contribution is 2.64. The van der Waals surface area contributed by atoms with Gasteiger partial charge in [0, 0.05) is 30.1 Å². The Morgan fingerprint density at radius 3 is 2.62 bits per heavy atom. The Kier molecular flexibility index (Phi) is 6.50. The number of primary amides is 1. The van der Waals surface area contributed by atoms with Gasteiger partial charge in [0.25, 0.3) is 5.56 Å². The molecule has 5 rings (SSSR count). The van der Waals surface area contributed by atoms with Crippen LogP contribution in [0.2, 0.25) is 0 Å². The molecule has 3 aromatic rings. The van der Waals surface area contributed by atoms with Crippen LogP contribution in [-0.2, 0) is 33.4 Å². The smallest absolute Gasteiger partial charge is 0.368 e. The van der Waals surface area contributed by atoms with Crippen molar-refractivity contribution in [2.75, 3.05) is 6.54 Å². The molecule has 4 N–H and O–H groups in total. The van der Waals surface area contributed by atoms with Crippen molar-refractivity contribution in [1.29, 1.82) is 0 Å². The number of halogens is 3. The SMILES string of the molecule is Cc1ccc2[nH]c(=O)c(C[C@H](NC(=O)[C@@H]3[C@@H]4[C@H](CN3C(=O)Cc3cc(C(F)(F)F)no3)C4(C)C)C(N)=O)cc2c1. The van der Waals surface area contributed by atoms with Crippen LogP contribution in [0.15, 0.2) is 39.6 Å². The van der Waals surface area contributed by atoms with Gasteiger partial charge in [0.2, 0.25) is 17.7 Å². The Morgan fingerprint density at radius 2 is 1.98 bits per heavy atom. The number of alkyl halides is 3. The first-order chi connectivity index (χ1) is 18.7. The second-order valence-corrected chi connectivity index (χ2v) is 11.2. The van der Waals surface area contributed by atoms with Crippen LogP contribution in [0.5, 0.6) is 0 Å². The molecule has 0 unspecified atom stereocenters. The molecule has 40 heavy (non-hydrogen) atoms. The zero-order valence-electron chi connectivity index (χ0n) is 22.0. The first kappa shape index (κ1) is 27.4. The molecule has 1 aliphatic heterocycles. The molecule has 2 aromatic heterocycles. The molecule has 13 heteroatoms. The highest BCUT2D eigenvalue weighted by Gasteiger charge is 2.69. The molecule has 4 atom stereocenters. The van der Waals surface area contributed by atoms with Crippen molar-refractivity contribution in [1.82, 2.24) is 20.4 Å². The maximum atomic E-state index is 13.5. The van der Waals surface area contributed by atoms with Gasteiger partial charge in [-0.15, -0.1) is 0 Å². The van der Waals surface area contributed by atoms with Crippen LogP contribution in [0.1, 0.15) is 36.4 Å². The number of hydrogen-bond donors (Lipinski definition) is 3. The molecule has 2 aliphatic rings. The summed E-state index contributed by atoms with van der Waals surface area (Å²) in [4.78, 5) is 55.7. The van der Waals surface area contributed by atoms with Crippen molar-refractivity contribution in [2.24, 2.45) is 23.0 Å². The summed E-state index contributed by atoms with van der Waals surface area (Å²) in [7, 11) is 0. The number of hydrogen-bond acceptors (Lipinski definition) is 6. The van der Waals surface area contributed by atoms with Gasteiger partial charge in [-0.05, 0) is 47.8 Å². The zero-order valence-corrected chi connectivity index (χ0v) is 22.0. The fraction of sp³-hybridized carbons (Fsp3) is 0.444. The van der Waals surface area contributed by atoms with E-state index >= 15 is 0 Å². The zero-order chi connectivity index (χ0) is 29.1. The lowest BCUT2D eigenvalue weighted by atomic mass is 9.99. The molecule has 0 bridgehead atoms. The van der Waals surface area contributed by atoms with Crippen molar-refractivity contribution in [3.8, 4) is 0 Å². The van der Waals surface area contributed by atoms with Crippen molar-refractivity contribution in [2.45, 2.75) is 51.9 Å². The van der Waals surface area contributed by atoms with Gasteiger partial charge in [-0.2, -0.15) is 13.2 Å². The van der Waals surface area contributed by atoms with E-state index in [-0.39, 0.29) is 41.5 Å². The predicted molar refractivity (Wildman–Crippen MR) is 136 cm³/mol. The quantitative estimate of drug-likeness (QED) is 0.403. The summed E-state index contributed by atoms with van der Waals surface area (Å²) < 4.78 is 43.3. The number of aromatic amines is 1. The summed E-state index contributed by atoms with van der Waals surface area (Å²) >= 11 is 0. The summed E-state index contributed by atoms with van der Waals surface area (Å²) in [6.07, 6.45) is -5.41. The molecular formula is C27H28F3N5O5. The molecule has 212 valence electrons. The first-order valence-electron chi connectivity index (χ1n) is 12.7. The van der Waals surface area contributed by atoms with E-state index in [9.17, 15) is 32.3 Å². The Balaban J connectivity index is 1.35. The number of amides is 3. The molecule has 0 spiro atoms. The van der Waals surface area contributed by atoms with E-state index in [4.69, 9.17) is 10.3 Å². The van der Waals surface area contributed by atoms with E-state index < -0.39 is 53.7 Å². The van der Waals surface area contributed by atoms with Crippen LogP contribution in [0.25, 0.3) is 10.9 Å². The molecular weight excluding hydrogens is 531 g/mol. The van der Waals surface area contributed by atoms with Gasteiger partial charge in [0.05, 0.1) is 6.42 Å². The van der Waals surface area contributed by atoms with Crippen molar-refractivity contribution >= 4 is 28.6 Å². The predicted octanol–water partition coefficient (Wildman–Crippen LogP) is 2.08. The lowest BCUT2D eigenvalue weighted by Crippen LogP contribution is -2.55. The first-order valence-corrected chi connectivity index (χ1v) is 12.7. The highest BCUT2D eigenvalue weighted by molar-refractivity contribution is 5.93. The van der Waals surface area contributed by atoms with Crippen LogP contribution in [0, 0.1) is 24.2 Å². The number of nitrogens with zero attached hydrogens (tertiary/aromatic N) is 2. The van der Waals surface area contributed by atoms with E-state index in [1.165, 1.54) is 4.90 Å². The Morgan fingerprint density at radius 1 is 1.25 bits per heavy atom. The number of nitrogens with two attached hydrogens (primary N) is 1. The number of fused-ring (bicyclic) bond motifs is 2. The van der Waals surface area contributed by atoms with Gasteiger partial charge in [-0.25, -0.2) is 0 Å². The summed E-state index contributed by atoms with van der Waals surface area (Å²) in [5, 5.41) is 6.33. The van der Waals surface area contributed by atoms with E-state index in [0.29, 0.717) is 11.6 Å².